The highest BCUT2D eigenvalue weighted by Crippen LogP contribution is 2.22. The quantitative estimate of drug-likeness (QED) is 0.717. The molecule has 2 rings (SSSR count). The molecule has 0 bridgehead atoms. The second kappa shape index (κ2) is 3.41. The molecule has 0 spiro atoms. The molecule has 82 valence electrons. The van der Waals surface area contributed by atoms with Crippen molar-refractivity contribution in [2.75, 3.05) is 0 Å². The third kappa shape index (κ3) is 1.27. The van der Waals surface area contributed by atoms with Crippen LogP contribution in [0.4, 0.5) is 0 Å². The Morgan fingerprint density at radius 1 is 1.44 bits per heavy atom. The highest BCUT2D eigenvalue weighted by atomic mass is 16.4. The summed E-state index contributed by atoms with van der Waals surface area (Å²) in [4.78, 5) is 38.7. The molecule has 1 atom stereocenters. The summed E-state index contributed by atoms with van der Waals surface area (Å²) in [6.07, 6.45) is 1.39. The van der Waals surface area contributed by atoms with Gasteiger partial charge in [0.1, 0.15) is 11.7 Å². The SMILES string of the molecule is C[C@H](C(=O)O)N1C(=O)c2cccnc2C1=O. The number of carbonyl (C=O) groups is 3. The molecule has 16 heavy (non-hydrogen) atoms. The van der Waals surface area contributed by atoms with Crippen LogP contribution in [0.3, 0.4) is 0 Å². The molecule has 1 aliphatic heterocycles. The number of imide groups is 1. The van der Waals surface area contributed by atoms with Crippen LogP contribution in [0.2, 0.25) is 0 Å². The van der Waals surface area contributed by atoms with Gasteiger partial charge in [0.05, 0.1) is 5.56 Å². The second-order valence-electron chi connectivity index (χ2n) is 3.39. The predicted molar refractivity (Wildman–Crippen MR) is 51.8 cm³/mol. The summed E-state index contributed by atoms with van der Waals surface area (Å²) in [5.41, 5.74) is 0.168. The number of carboxylic acids is 1. The average Bonchev–Trinajstić information content (AvgIpc) is 2.52. The molecule has 2 amide bonds. The number of fused-ring (bicyclic) bond motifs is 1. The number of carboxylic acid groups (broad SMARTS) is 1. The Balaban J connectivity index is 2.46. The fourth-order valence-electron chi connectivity index (χ4n) is 1.55. The van der Waals surface area contributed by atoms with Crippen LogP contribution in [0.25, 0.3) is 0 Å². The Bertz CT molecular complexity index is 462. The second-order valence-corrected chi connectivity index (χ2v) is 3.39. The Morgan fingerprint density at radius 2 is 2.12 bits per heavy atom. The molecule has 6 nitrogen and oxygen atoms in total. The van der Waals surface area contributed by atoms with Gasteiger partial charge in [-0.2, -0.15) is 0 Å². The van der Waals surface area contributed by atoms with Crippen molar-refractivity contribution in [2.45, 2.75) is 13.0 Å². The summed E-state index contributed by atoms with van der Waals surface area (Å²) in [7, 11) is 0. The maximum atomic E-state index is 11.8. The van der Waals surface area contributed by atoms with Gasteiger partial charge in [-0.1, -0.05) is 0 Å². The average molecular weight is 220 g/mol. The molecule has 1 N–H and O–H groups in total. The molecule has 0 saturated carbocycles. The smallest absolute Gasteiger partial charge is 0.326 e. The van der Waals surface area contributed by atoms with Gasteiger partial charge >= 0.3 is 5.97 Å². The lowest BCUT2D eigenvalue weighted by Gasteiger charge is -2.17. The summed E-state index contributed by atoms with van der Waals surface area (Å²) < 4.78 is 0. The molecule has 6 heteroatoms. The third-order valence-corrected chi connectivity index (χ3v) is 2.42. The highest BCUT2D eigenvalue weighted by molar-refractivity contribution is 6.21. The largest absolute Gasteiger partial charge is 0.480 e. The van der Waals surface area contributed by atoms with E-state index in [9.17, 15) is 14.4 Å². The van der Waals surface area contributed by atoms with E-state index in [0.29, 0.717) is 4.90 Å². The van der Waals surface area contributed by atoms with Crippen LogP contribution < -0.4 is 0 Å². The minimum atomic E-state index is -1.23. The molecule has 2 heterocycles. The third-order valence-electron chi connectivity index (χ3n) is 2.42. The Kier molecular flexibility index (Phi) is 2.19. The molecule has 0 unspecified atom stereocenters. The molecule has 0 aromatic carbocycles. The van der Waals surface area contributed by atoms with Crippen molar-refractivity contribution >= 4 is 17.8 Å². The van der Waals surface area contributed by atoms with E-state index < -0.39 is 23.8 Å². The number of amides is 2. The Morgan fingerprint density at radius 3 is 2.69 bits per heavy atom. The molecular formula is C10H8N2O4. The molecule has 0 radical (unpaired) electrons. The predicted octanol–water partition coefficient (Wildman–Crippen LogP) is 0.151. The first kappa shape index (κ1) is 10.3. The van der Waals surface area contributed by atoms with Crippen LogP contribution in [0.15, 0.2) is 18.3 Å². The lowest BCUT2D eigenvalue weighted by molar-refractivity contribution is -0.140. The standard InChI is InChI=1S/C10H8N2O4/c1-5(10(15)16)12-8(13)6-3-2-4-11-7(6)9(12)14/h2-5H,1H3,(H,15,16)/t5-/m1/s1. The normalized spacial score (nSPS) is 16.2. The maximum absolute atomic E-state index is 11.8. The highest BCUT2D eigenvalue weighted by Gasteiger charge is 2.41. The minimum Gasteiger partial charge on any atom is -0.480 e. The van der Waals surface area contributed by atoms with Crippen LogP contribution in [0.5, 0.6) is 0 Å². The number of aliphatic carboxylic acids is 1. The summed E-state index contributed by atoms with van der Waals surface area (Å²) in [6.45, 7) is 1.28. The molecule has 0 aliphatic carbocycles. The van der Waals surface area contributed by atoms with Gasteiger partial charge < -0.3 is 5.11 Å². The zero-order valence-electron chi connectivity index (χ0n) is 8.38. The number of hydrogen-bond donors (Lipinski definition) is 1. The van der Waals surface area contributed by atoms with Crippen LogP contribution in [0.1, 0.15) is 27.8 Å². The van der Waals surface area contributed by atoms with Gasteiger partial charge in [-0.25, -0.2) is 4.79 Å². The number of pyridine rings is 1. The van der Waals surface area contributed by atoms with E-state index in [1.54, 1.807) is 0 Å². The van der Waals surface area contributed by atoms with Crippen molar-refractivity contribution in [3.63, 3.8) is 0 Å². The molecule has 0 fully saturated rings. The first-order valence-corrected chi connectivity index (χ1v) is 4.59. The van der Waals surface area contributed by atoms with Crippen molar-refractivity contribution < 1.29 is 19.5 Å². The summed E-state index contributed by atoms with van der Waals surface area (Å²) in [5, 5.41) is 8.79. The van der Waals surface area contributed by atoms with E-state index in [1.165, 1.54) is 25.3 Å². The first-order chi connectivity index (χ1) is 7.54. The van der Waals surface area contributed by atoms with Crippen LogP contribution >= 0.6 is 0 Å². The van der Waals surface area contributed by atoms with Gasteiger partial charge in [-0.15, -0.1) is 0 Å². The zero-order valence-corrected chi connectivity index (χ0v) is 8.38. The Hall–Kier alpha value is -2.24. The summed E-state index contributed by atoms with van der Waals surface area (Å²) >= 11 is 0. The van der Waals surface area contributed by atoms with Crippen molar-refractivity contribution in [2.24, 2.45) is 0 Å². The zero-order chi connectivity index (χ0) is 11.9. The number of aromatic nitrogens is 1. The molecule has 1 aromatic rings. The summed E-state index contributed by atoms with van der Waals surface area (Å²) in [6, 6.07) is 1.80. The lowest BCUT2D eigenvalue weighted by Crippen LogP contribution is -2.42. The van der Waals surface area contributed by atoms with Gasteiger partial charge in [0.25, 0.3) is 11.8 Å². The van der Waals surface area contributed by atoms with Gasteiger partial charge in [0.2, 0.25) is 0 Å². The molecule has 1 aliphatic rings. The van der Waals surface area contributed by atoms with Gasteiger partial charge in [0.15, 0.2) is 0 Å². The number of nitrogens with zero attached hydrogens (tertiary/aromatic N) is 2. The van der Waals surface area contributed by atoms with E-state index >= 15 is 0 Å². The van der Waals surface area contributed by atoms with Crippen molar-refractivity contribution in [1.82, 2.24) is 9.88 Å². The maximum Gasteiger partial charge on any atom is 0.326 e. The van der Waals surface area contributed by atoms with E-state index in [0.717, 1.165) is 0 Å². The van der Waals surface area contributed by atoms with E-state index in [2.05, 4.69) is 4.98 Å². The number of rotatable bonds is 2. The van der Waals surface area contributed by atoms with Crippen LogP contribution in [-0.2, 0) is 4.79 Å². The monoisotopic (exact) mass is 220 g/mol. The van der Waals surface area contributed by atoms with E-state index in [-0.39, 0.29) is 11.3 Å². The lowest BCUT2D eigenvalue weighted by atomic mass is 10.2. The fourth-order valence-corrected chi connectivity index (χ4v) is 1.55. The van der Waals surface area contributed by atoms with E-state index in [4.69, 9.17) is 5.11 Å². The minimum absolute atomic E-state index is 0.0144. The van der Waals surface area contributed by atoms with Gasteiger partial charge in [0, 0.05) is 6.20 Å². The number of hydrogen-bond acceptors (Lipinski definition) is 4. The summed E-state index contributed by atoms with van der Waals surface area (Å²) in [5.74, 6) is -2.49. The van der Waals surface area contributed by atoms with Gasteiger partial charge in [-0.05, 0) is 19.1 Å². The van der Waals surface area contributed by atoms with Crippen molar-refractivity contribution in [3.05, 3.63) is 29.6 Å². The van der Waals surface area contributed by atoms with Crippen LogP contribution in [-0.4, -0.2) is 38.8 Å². The first-order valence-electron chi connectivity index (χ1n) is 4.59. The van der Waals surface area contributed by atoms with E-state index in [1.807, 2.05) is 0 Å². The van der Waals surface area contributed by atoms with Crippen molar-refractivity contribution in [1.29, 1.82) is 0 Å². The fraction of sp³-hybridized carbons (Fsp3) is 0.200. The van der Waals surface area contributed by atoms with Gasteiger partial charge in [-0.3, -0.25) is 19.5 Å². The topological polar surface area (TPSA) is 87.6 Å². The number of carbonyl (C=O) groups excluding carboxylic acids is 2. The molecular weight excluding hydrogens is 212 g/mol. The molecule has 0 saturated heterocycles. The Labute approximate surface area is 90.5 Å². The molecule has 1 aromatic heterocycles. The van der Waals surface area contributed by atoms with Crippen molar-refractivity contribution in [3.8, 4) is 0 Å². The van der Waals surface area contributed by atoms with Crippen LogP contribution in [0, 0.1) is 0 Å².